The van der Waals surface area contributed by atoms with Crippen LogP contribution in [0.5, 0.6) is 5.75 Å². The second-order valence-corrected chi connectivity index (χ2v) is 7.97. The Kier molecular flexibility index (Phi) is 6.14. The Morgan fingerprint density at radius 1 is 0.800 bits per heavy atom. The van der Waals surface area contributed by atoms with Crippen molar-refractivity contribution in [2.75, 3.05) is 13.9 Å². The van der Waals surface area contributed by atoms with Crippen LogP contribution in [0, 0.1) is 0 Å². The second kappa shape index (κ2) is 7.93. The zero-order chi connectivity index (χ0) is 18.5. The molecule has 2 aromatic carbocycles. The molecule has 0 aromatic heterocycles. The second-order valence-electron chi connectivity index (χ2n) is 4.74. The van der Waals surface area contributed by atoms with Crippen LogP contribution in [0.3, 0.4) is 0 Å². The molecule has 0 heterocycles. The minimum Gasteiger partial charge on any atom is -0.497 e. The minimum atomic E-state index is -4.19. The lowest BCUT2D eigenvalue weighted by Gasteiger charge is -2.08. The van der Waals surface area contributed by atoms with Crippen LogP contribution >= 0.6 is 0 Å². The van der Waals surface area contributed by atoms with Gasteiger partial charge in [0.1, 0.15) is 5.75 Å². The summed E-state index contributed by atoms with van der Waals surface area (Å²) < 4.78 is 61.9. The highest BCUT2D eigenvalue weighted by molar-refractivity contribution is 7.87. The van der Waals surface area contributed by atoms with Crippen molar-refractivity contribution >= 4 is 20.2 Å². The van der Waals surface area contributed by atoms with Crippen LogP contribution in [0.1, 0.15) is 5.56 Å². The van der Waals surface area contributed by atoms with Crippen LogP contribution in [0.2, 0.25) is 0 Å². The van der Waals surface area contributed by atoms with Crippen LogP contribution in [-0.4, -0.2) is 35.8 Å². The van der Waals surface area contributed by atoms with Gasteiger partial charge in [0.05, 0.1) is 23.5 Å². The van der Waals surface area contributed by atoms with Gasteiger partial charge in [0.15, 0.2) is 6.79 Å². The maximum atomic E-state index is 12.0. The highest BCUT2D eigenvalue weighted by Gasteiger charge is 2.20. The van der Waals surface area contributed by atoms with Crippen molar-refractivity contribution in [2.45, 2.75) is 16.4 Å². The SMILES string of the molecule is COc1ccc(S(=O)(=O)OCOS(=O)(=O)c2ccc(CO)cc2)cc1. The van der Waals surface area contributed by atoms with Crippen molar-refractivity contribution in [2.24, 2.45) is 0 Å². The molecule has 0 aliphatic carbocycles. The molecule has 0 fully saturated rings. The van der Waals surface area contributed by atoms with E-state index in [4.69, 9.17) is 9.84 Å². The van der Waals surface area contributed by atoms with E-state index in [0.717, 1.165) is 0 Å². The molecule has 25 heavy (non-hydrogen) atoms. The highest BCUT2D eigenvalue weighted by atomic mass is 32.2. The molecule has 0 saturated carbocycles. The molecule has 0 aliphatic heterocycles. The first-order valence-electron chi connectivity index (χ1n) is 6.91. The molecule has 136 valence electrons. The zero-order valence-corrected chi connectivity index (χ0v) is 14.8. The first-order chi connectivity index (χ1) is 11.8. The van der Waals surface area contributed by atoms with E-state index in [9.17, 15) is 16.8 Å². The van der Waals surface area contributed by atoms with Crippen molar-refractivity contribution in [3.63, 3.8) is 0 Å². The standard InChI is InChI=1S/C15H16O8S2/c1-21-13-4-8-15(9-5-13)25(19,20)23-11-22-24(17,18)14-6-2-12(10-16)3-7-14/h2-9,16H,10-11H2,1H3. The monoisotopic (exact) mass is 388 g/mol. The third-order valence-electron chi connectivity index (χ3n) is 3.15. The Morgan fingerprint density at radius 2 is 1.24 bits per heavy atom. The third-order valence-corrected chi connectivity index (χ3v) is 5.66. The number of hydrogen-bond acceptors (Lipinski definition) is 8. The molecular weight excluding hydrogens is 372 g/mol. The van der Waals surface area contributed by atoms with E-state index in [-0.39, 0.29) is 16.4 Å². The van der Waals surface area contributed by atoms with Crippen molar-refractivity contribution in [1.82, 2.24) is 0 Å². The summed E-state index contributed by atoms with van der Waals surface area (Å²) in [4.78, 5) is -0.350. The molecule has 0 aliphatic rings. The first kappa shape index (κ1) is 19.3. The fourth-order valence-corrected chi connectivity index (χ4v) is 3.41. The van der Waals surface area contributed by atoms with Gasteiger partial charge in [0.25, 0.3) is 20.2 Å². The van der Waals surface area contributed by atoms with Gasteiger partial charge in [-0.1, -0.05) is 12.1 Å². The molecule has 0 atom stereocenters. The van der Waals surface area contributed by atoms with Gasteiger partial charge in [-0.05, 0) is 42.0 Å². The van der Waals surface area contributed by atoms with E-state index >= 15 is 0 Å². The zero-order valence-electron chi connectivity index (χ0n) is 13.2. The van der Waals surface area contributed by atoms with Gasteiger partial charge in [-0.3, -0.25) is 0 Å². The lowest BCUT2D eigenvalue weighted by Crippen LogP contribution is -2.14. The summed E-state index contributed by atoms with van der Waals surface area (Å²) in [5.41, 5.74) is 0.525. The Bertz CT molecular complexity index is 824. The summed E-state index contributed by atoms with van der Waals surface area (Å²) in [6, 6.07) is 10.7. The lowest BCUT2D eigenvalue weighted by atomic mass is 10.2. The van der Waals surface area contributed by atoms with Gasteiger partial charge in [-0.15, -0.1) is 0 Å². The van der Waals surface area contributed by atoms with E-state index in [2.05, 4.69) is 8.37 Å². The van der Waals surface area contributed by atoms with Gasteiger partial charge in [-0.25, -0.2) is 8.37 Å². The molecule has 0 unspecified atom stereocenters. The Balaban J connectivity index is 2.02. The molecule has 0 spiro atoms. The number of benzene rings is 2. The van der Waals surface area contributed by atoms with Crippen LogP contribution < -0.4 is 4.74 Å². The Labute approximate surface area is 145 Å². The number of aliphatic hydroxyl groups excluding tert-OH is 1. The first-order valence-corrected chi connectivity index (χ1v) is 9.73. The Morgan fingerprint density at radius 3 is 1.64 bits per heavy atom. The summed E-state index contributed by atoms with van der Waals surface area (Å²) in [5.74, 6) is 0.462. The largest absolute Gasteiger partial charge is 0.497 e. The van der Waals surface area contributed by atoms with Crippen LogP contribution in [0.4, 0.5) is 0 Å². The molecule has 8 nitrogen and oxygen atoms in total. The maximum absolute atomic E-state index is 12.0. The van der Waals surface area contributed by atoms with Crippen molar-refractivity contribution < 1.29 is 35.0 Å². The summed E-state index contributed by atoms with van der Waals surface area (Å²) >= 11 is 0. The number of ether oxygens (including phenoxy) is 1. The molecule has 2 aromatic rings. The topological polar surface area (TPSA) is 116 Å². The van der Waals surface area contributed by atoms with Crippen LogP contribution in [-0.2, 0) is 35.2 Å². The molecule has 1 N–H and O–H groups in total. The van der Waals surface area contributed by atoms with Crippen molar-refractivity contribution in [1.29, 1.82) is 0 Å². The van der Waals surface area contributed by atoms with E-state index in [1.54, 1.807) is 0 Å². The average Bonchev–Trinajstić information content (AvgIpc) is 2.61. The predicted molar refractivity (Wildman–Crippen MR) is 86.8 cm³/mol. The van der Waals surface area contributed by atoms with Gasteiger partial charge in [0.2, 0.25) is 0 Å². The van der Waals surface area contributed by atoms with Crippen LogP contribution in [0.15, 0.2) is 58.3 Å². The Hall–Kier alpha value is -1.98. The quantitative estimate of drug-likeness (QED) is 0.531. The fourth-order valence-electron chi connectivity index (χ4n) is 1.79. The fraction of sp³-hybridized carbons (Fsp3) is 0.200. The average molecular weight is 388 g/mol. The summed E-state index contributed by atoms with van der Waals surface area (Å²) in [6.07, 6.45) is 0. The number of aliphatic hydroxyl groups is 1. The number of rotatable bonds is 8. The third kappa shape index (κ3) is 5.00. The normalized spacial score (nSPS) is 12.1. The molecular formula is C15H16O8S2. The predicted octanol–water partition coefficient (Wildman–Crippen LogP) is 1.26. The van der Waals surface area contributed by atoms with E-state index in [1.165, 1.54) is 55.6 Å². The van der Waals surface area contributed by atoms with Gasteiger partial charge in [0, 0.05) is 0 Å². The molecule has 10 heteroatoms. The number of hydrogen-bond donors (Lipinski definition) is 1. The van der Waals surface area contributed by atoms with E-state index < -0.39 is 27.0 Å². The smallest absolute Gasteiger partial charge is 0.299 e. The van der Waals surface area contributed by atoms with E-state index in [1.807, 2.05) is 0 Å². The summed E-state index contributed by atoms with van der Waals surface area (Å²) in [6.45, 7) is -1.23. The lowest BCUT2D eigenvalue weighted by molar-refractivity contribution is 0.132. The molecule has 0 radical (unpaired) electrons. The van der Waals surface area contributed by atoms with Crippen molar-refractivity contribution in [3.05, 3.63) is 54.1 Å². The van der Waals surface area contributed by atoms with E-state index in [0.29, 0.717) is 11.3 Å². The minimum absolute atomic E-state index is 0.165. The van der Waals surface area contributed by atoms with Crippen molar-refractivity contribution in [3.8, 4) is 5.75 Å². The molecule has 2 rings (SSSR count). The highest BCUT2D eigenvalue weighted by Crippen LogP contribution is 2.18. The molecule has 0 bridgehead atoms. The molecule has 0 amide bonds. The van der Waals surface area contributed by atoms with Gasteiger partial charge in [-0.2, -0.15) is 16.8 Å². The van der Waals surface area contributed by atoms with Crippen LogP contribution in [0.25, 0.3) is 0 Å². The summed E-state index contributed by atoms with van der Waals surface area (Å²) in [5, 5.41) is 8.93. The summed E-state index contributed by atoms with van der Waals surface area (Å²) in [7, 11) is -6.93. The molecule has 0 saturated heterocycles. The van der Waals surface area contributed by atoms with Gasteiger partial charge < -0.3 is 9.84 Å². The van der Waals surface area contributed by atoms with Gasteiger partial charge >= 0.3 is 0 Å². The number of methoxy groups -OCH3 is 1. The maximum Gasteiger partial charge on any atom is 0.299 e.